The molecule has 2 heterocycles. The molecule has 0 saturated carbocycles. The number of nitrogens with two attached hydrogens (primary N) is 1. The molecule has 4 rings (SSSR count). The molecule has 10 heteroatoms. The second kappa shape index (κ2) is 9.53. The highest BCUT2D eigenvalue weighted by Crippen LogP contribution is 2.26. The van der Waals surface area contributed by atoms with E-state index in [1.165, 1.54) is 22.0 Å². The zero-order chi connectivity index (χ0) is 23.4. The lowest BCUT2D eigenvalue weighted by Crippen LogP contribution is -2.16. The lowest BCUT2D eigenvalue weighted by Gasteiger charge is -2.19. The third-order valence-electron chi connectivity index (χ3n) is 4.94. The van der Waals surface area contributed by atoms with Gasteiger partial charge in [-0.1, -0.05) is 62.0 Å². The van der Waals surface area contributed by atoms with E-state index in [0.717, 1.165) is 17.1 Å². The van der Waals surface area contributed by atoms with Crippen LogP contribution in [0.25, 0.3) is 11.4 Å². The van der Waals surface area contributed by atoms with Crippen LogP contribution in [0.2, 0.25) is 0 Å². The summed E-state index contributed by atoms with van der Waals surface area (Å²) in [5.41, 5.74) is 2.15. The molecule has 0 aliphatic carbocycles. The molecule has 0 bridgehead atoms. The standard InChI is InChI=1S/C23H26N6O3S/c1-23(2,3)16-8-10-17(11-9-16)31-13-19-26-27-22(29(19)24)33-14-20-25-21(28-32-20)15-6-5-7-18(12-15)30-4/h5-12H,13-14,24H2,1-4H3. The summed E-state index contributed by atoms with van der Waals surface area (Å²) in [4.78, 5) is 4.43. The third kappa shape index (κ3) is 5.46. The van der Waals surface area contributed by atoms with Crippen LogP contribution in [0, 0.1) is 0 Å². The predicted molar refractivity (Wildman–Crippen MR) is 125 cm³/mol. The van der Waals surface area contributed by atoms with Gasteiger partial charge in [-0.2, -0.15) is 4.98 Å². The summed E-state index contributed by atoms with van der Waals surface area (Å²) >= 11 is 1.35. The molecule has 0 radical (unpaired) electrons. The average molecular weight is 467 g/mol. The van der Waals surface area contributed by atoms with E-state index in [1.54, 1.807) is 7.11 Å². The summed E-state index contributed by atoms with van der Waals surface area (Å²) in [6.45, 7) is 6.73. The van der Waals surface area contributed by atoms with E-state index in [4.69, 9.17) is 19.8 Å². The van der Waals surface area contributed by atoms with Crippen molar-refractivity contribution in [1.29, 1.82) is 0 Å². The van der Waals surface area contributed by atoms with Crippen molar-refractivity contribution in [3.63, 3.8) is 0 Å². The molecule has 172 valence electrons. The van der Waals surface area contributed by atoms with Gasteiger partial charge in [-0.15, -0.1) is 10.2 Å². The molecule has 0 fully saturated rings. The maximum atomic E-state index is 6.15. The Hall–Kier alpha value is -3.53. The van der Waals surface area contributed by atoms with Crippen molar-refractivity contribution in [2.75, 3.05) is 13.0 Å². The zero-order valence-corrected chi connectivity index (χ0v) is 19.8. The molecule has 2 aromatic heterocycles. The largest absolute Gasteiger partial charge is 0.497 e. The summed E-state index contributed by atoms with van der Waals surface area (Å²) < 4.78 is 17.8. The summed E-state index contributed by atoms with van der Waals surface area (Å²) in [6.07, 6.45) is 0. The van der Waals surface area contributed by atoms with Crippen LogP contribution >= 0.6 is 11.8 Å². The van der Waals surface area contributed by atoms with Crippen molar-refractivity contribution in [3.8, 4) is 22.9 Å². The van der Waals surface area contributed by atoms with Gasteiger partial charge in [-0.3, -0.25) is 0 Å². The molecule has 0 atom stereocenters. The van der Waals surface area contributed by atoms with Gasteiger partial charge in [0, 0.05) is 5.56 Å². The van der Waals surface area contributed by atoms with Crippen LogP contribution < -0.4 is 15.3 Å². The molecule has 0 unspecified atom stereocenters. The molecule has 0 saturated heterocycles. The van der Waals surface area contributed by atoms with E-state index < -0.39 is 0 Å². The van der Waals surface area contributed by atoms with Crippen molar-refractivity contribution in [2.24, 2.45) is 0 Å². The number of hydrogen-bond donors (Lipinski definition) is 1. The van der Waals surface area contributed by atoms with Gasteiger partial charge in [0.25, 0.3) is 0 Å². The number of thioether (sulfide) groups is 1. The Morgan fingerprint density at radius 2 is 1.85 bits per heavy atom. The van der Waals surface area contributed by atoms with Crippen molar-refractivity contribution in [1.82, 2.24) is 25.0 Å². The molecule has 4 aromatic rings. The van der Waals surface area contributed by atoms with Crippen molar-refractivity contribution >= 4 is 11.8 Å². The van der Waals surface area contributed by atoms with E-state index in [1.807, 2.05) is 36.4 Å². The molecule has 2 N–H and O–H groups in total. The van der Waals surface area contributed by atoms with Gasteiger partial charge in [0.15, 0.2) is 5.82 Å². The fourth-order valence-corrected chi connectivity index (χ4v) is 3.74. The number of hydrogen-bond acceptors (Lipinski definition) is 9. The highest BCUT2D eigenvalue weighted by Gasteiger charge is 2.16. The Morgan fingerprint density at radius 3 is 2.58 bits per heavy atom. The molecule has 0 aliphatic rings. The second-order valence-corrected chi connectivity index (χ2v) is 9.31. The lowest BCUT2D eigenvalue weighted by atomic mass is 9.87. The average Bonchev–Trinajstić information content (AvgIpc) is 3.43. The van der Waals surface area contributed by atoms with Gasteiger partial charge in [-0.05, 0) is 35.2 Å². The van der Waals surface area contributed by atoms with Crippen LogP contribution in [0.15, 0.2) is 58.2 Å². The first kappa shape index (κ1) is 22.7. The summed E-state index contributed by atoms with van der Waals surface area (Å²) in [7, 11) is 1.61. The number of nitrogen functional groups attached to an aromatic ring is 1. The quantitative estimate of drug-likeness (QED) is 0.301. The first-order chi connectivity index (χ1) is 15.8. The van der Waals surface area contributed by atoms with Crippen LogP contribution in [-0.2, 0) is 17.8 Å². The minimum atomic E-state index is 0.0924. The van der Waals surface area contributed by atoms with E-state index in [9.17, 15) is 0 Å². The number of aromatic nitrogens is 5. The van der Waals surface area contributed by atoms with Gasteiger partial charge in [0.2, 0.25) is 16.9 Å². The Balaban J connectivity index is 1.34. The Labute approximate surface area is 196 Å². The first-order valence-electron chi connectivity index (χ1n) is 10.4. The topological polar surface area (TPSA) is 114 Å². The number of nitrogens with zero attached hydrogens (tertiary/aromatic N) is 5. The van der Waals surface area contributed by atoms with Crippen LogP contribution in [0.3, 0.4) is 0 Å². The van der Waals surface area contributed by atoms with E-state index >= 15 is 0 Å². The van der Waals surface area contributed by atoms with Gasteiger partial charge in [0.05, 0.1) is 12.9 Å². The Morgan fingerprint density at radius 1 is 1.06 bits per heavy atom. The molecule has 0 amide bonds. The lowest BCUT2D eigenvalue weighted by molar-refractivity contribution is 0.291. The number of benzene rings is 2. The third-order valence-corrected chi connectivity index (χ3v) is 5.87. The van der Waals surface area contributed by atoms with Gasteiger partial charge < -0.3 is 19.8 Å². The maximum Gasteiger partial charge on any atom is 0.237 e. The van der Waals surface area contributed by atoms with Gasteiger partial charge in [0.1, 0.15) is 18.1 Å². The highest BCUT2D eigenvalue weighted by atomic mass is 32.2. The van der Waals surface area contributed by atoms with Crippen molar-refractivity contribution < 1.29 is 14.0 Å². The number of ether oxygens (including phenoxy) is 2. The number of rotatable bonds is 8. The molecule has 0 aliphatic heterocycles. The van der Waals surface area contributed by atoms with E-state index in [-0.39, 0.29) is 12.0 Å². The van der Waals surface area contributed by atoms with Crippen LogP contribution in [0.5, 0.6) is 11.5 Å². The second-order valence-electron chi connectivity index (χ2n) is 8.36. The van der Waals surface area contributed by atoms with Crippen LogP contribution in [0.4, 0.5) is 0 Å². The van der Waals surface area contributed by atoms with Crippen molar-refractivity contribution in [3.05, 3.63) is 65.8 Å². The van der Waals surface area contributed by atoms with Crippen molar-refractivity contribution in [2.45, 2.75) is 43.7 Å². The normalized spacial score (nSPS) is 11.5. The smallest absolute Gasteiger partial charge is 0.237 e. The highest BCUT2D eigenvalue weighted by molar-refractivity contribution is 7.98. The number of methoxy groups -OCH3 is 1. The first-order valence-corrected chi connectivity index (χ1v) is 11.3. The molecule has 33 heavy (non-hydrogen) atoms. The summed E-state index contributed by atoms with van der Waals surface area (Å²) in [5, 5.41) is 12.8. The predicted octanol–water partition coefficient (Wildman–Crippen LogP) is 4.22. The SMILES string of the molecule is COc1cccc(-c2noc(CSc3nnc(COc4ccc(C(C)(C)C)cc4)n3N)n2)c1. The molecule has 9 nitrogen and oxygen atoms in total. The fraction of sp³-hybridized carbons (Fsp3) is 0.304. The minimum absolute atomic E-state index is 0.0924. The van der Waals surface area contributed by atoms with Crippen LogP contribution in [0.1, 0.15) is 38.0 Å². The van der Waals surface area contributed by atoms with Gasteiger partial charge >= 0.3 is 0 Å². The minimum Gasteiger partial charge on any atom is -0.497 e. The Bertz CT molecular complexity index is 1210. The Kier molecular flexibility index (Phi) is 6.55. The van der Waals surface area contributed by atoms with E-state index in [0.29, 0.717) is 28.4 Å². The monoisotopic (exact) mass is 466 g/mol. The van der Waals surface area contributed by atoms with Gasteiger partial charge in [-0.25, -0.2) is 4.68 Å². The summed E-state index contributed by atoms with van der Waals surface area (Å²) in [6, 6.07) is 15.5. The fourth-order valence-electron chi connectivity index (χ4n) is 3.02. The molecule has 0 spiro atoms. The maximum absolute atomic E-state index is 6.15. The molecule has 2 aromatic carbocycles. The molecular formula is C23H26N6O3S. The zero-order valence-electron chi connectivity index (χ0n) is 19.0. The molecular weight excluding hydrogens is 440 g/mol. The van der Waals surface area contributed by atoms with Crippen LogP contribution in [-0.4, -0.2) is 32.1 Å². The summed E-state index contributed by atoms with van der Waals surface area (Å²) in [5.74, 6) is 9.49. The van der Waals surface area contributed by atoms with E-state index in [2.05, 4.69) is 53.2 Å².